The van der Waals surface area contributed by atoms with E-state index in [2.05, 4.69) is 16.6 Å². The highest BCUT2D eigenvalue weighted by Gasteiger charge is 2.26. The zero-order valence-corrected chi connectivity index (χ0v) is 11.0. The second-order valence-electron chi connectivity index (χ2n) is 5.22. The maximum absolute atomic E-state index is 11.3. The minimum absolute atomic E-state index is 0.126. The van der Waals surface area contributed by atoms with Crippen molar-refractivity contribution in [2.75, 3.05) is 25.1 Å². The molecule has 0 spiro atoms. The van der Waals surface area contributed by atoms with Crippen LogP contribution in [0.15, 0.2) is 24.3 Å². The van der Waals surface area contributed by atoms with E-state index in [-0.39, 0.29) is 11.5 Å². The van der Waals surface area contributed by atoms with Gasteiger partial charge in [0.15, 0.2) is 0 Å². The maximum Gasteiger partial charge on any atom is 0.337 e. The van der Waals surface area contributed by atoms with Gasteiger partial charge in [0.1, 0.15) is 0 Å². The van der Waals surface area contributed by atoms with Crippen LogP contribution in [0, 0.1) is 0 Å². The van der Waals surface area contributed by atoms with Crippen molar-refractivity contribution >= 4 is 11.7 Å². The first kappa shape index (κ1) is 12.9. The summed E-state index contributed by atoms with van der Waals surface area (Å²) in [5.74, 6) is -0.302. The molecule has 0 saturated carbocycles. The smallest absolute Gasteiger partial charge is 0.337 e. The van der Waals surface area contributed by atoms with Crippen LogP contribution >= 0.6 is 0 Å². The predicted octanol–water partition coefficient (Wildman–Crippen LogP) is 1.79. The van der Waals surface area contributed by atoms with E-state index in [1.54, 1.807) is 12.1 Å². The Bertz CT molecular complexity index is 426. The fourth-order valence-corrected chi connectivity index (χ4v) is 2.41. The van der Waals surface area contributed by atoms with Gasteiger partial charge < -0.3 is 15.4 Å². The number of rotatable bonds is 2. The first-order chi connectivity index (χ1) is 8.52. The Morgan fingerprint density at radius 2 is 2.06 bits per heavy atom. The number of esters is 1. The Kier molecular flexibility index (Phi) is 3.57. The number of carbonyl (C=O) groups excluding carboxylic acids is 1. The summed E-state index contributed by atoms with van der Waals surface area (Å²) in [6.45, 7) is 3.96. The van der Waals surface area contributed by atoms with E-state index in [4.69, 9.17) is 5.73 Å². The number of carbonyl (C=O) groups is 1. The van der Waals surface area contributed by atoms with Gasteiger partial charge in [-0.15, -0.1) is 0 Å². The highest BCUT2D eigenvalue weighted by atomic mass is 16.5. The quantitative estimate of drug-likeness (QED) is 0.811. The SMILES string of the molecule is COC(=O)c1ccc(N2CCCC(C)(N)C2)cc1. The lowest BCUT2D eigenvalue weighted by Crippen LogP contribution is -2.52. The number of benzene rings is 1. The van der Waals surface area contributed by atoms with Crippen LogP contribution in [-0.4, -0.2) is 31.7 Å². The monoisotopic (exact) mass is 248 g/mol. The summed E-state index contributed by atoms with van der Waals surface area (Å²) >= 11 is 0. The third kappa shape index (κ3) is 2.82. The summed E-state index contributed by atoms with van der Waals surface area (Å²) in [6, 6.07) is 7.49. The lowest BCUT2D eigenvalue weighted by Gasteiger charge is -2.39. The summed E-state index contributed by atoms with van der Waals surface area (Å²) in [5, 5.41) is 0. The van der Waals surface area contributed by atoms with Gasteiger partial charge in [0.25, 0.3) is 0 Å². The molecule has 1 atom stereocenters. The number of nitrogens with two attached hydrogens (primary N) is 1. The largest absolute Gasteiger partial charge is 0.465 e. The molecule has 18 heavy (non-hydrogen) atoms. The number of methoxy groups -OCH3 is 1. The molecule has 1 saturated heterocycles. The average molecular weight is 248 g/mol. The van der Waals surface area contributed by atoms with Crippen LogP contribution in [0.1, 0.15) is 30.1 Å². The van der Waals surface area contributed by atoms with Crippen molar-refractivity contribution in [2.45, 2.75) is 25.3 Å². The summed E-state index contributed by atoms with van der Waals surface area (Å²) in [4.78, 5) is 13.6. The lowest BCUT2D eigenvalue weighted by molar-refractivity contribution is 0.0601. The maximum atomic E-state index is 11.3. The Balaban J connectivity index is 2.12. The third-order valence-corrected chi connectivity index (χ3v) is 3.38. The second-order valence-corrected chi connectivity index (χ2v) is 5.22. The first-order valence-electron chi connectivity index (χ1n) is 6.24. The molecule has 0 amide bonds. The van der Waals surface area contributed by atoms with E-state index < -0.39 is 0 Å². The molecule has 4 nitrogen and oxygen atoms in total. The van der Waals surface area contributed by atoms with Gasteiger partial charge in [-0.1, -0.05) is 0 Å². The van der Waals surface area contributed by atoms with Crippen LogP contribution < -0.4 is 10.6 Å². The Hall–Kier alpha value is -1.55. The van der Waals surface area contributed by atoms with Crippen LogP contribution in [0.2, 0.25) is 0 Å². The highest BCUT2D eigenvalue weighted by molar-refractivity contribution is 5.89. The fraction of sp³-hybridized carbons (Fsp3) is 0.500. The highest BCUT2D eigenvalue weighted by Crippen LogP contribution is 2.24. The van der Waals surface area contributed by atoms with Crippen LogP contribution in [0.5, 0.6) is 0 Å². The standard InChI is InChI=1S/C14H20N2O2/c1-14(15)8-3-9-16(10-14)12-6-4-11(5-7-12)13(17)18-2/h4-7H,3,8-10,15H2,1-2H3. The minimum atomic E-state index is -0.302. The summed E-state index contributed by atoms with van der Waals surface area (Å²) in [6.07, 6.45) is 2.16. The van der Waals surface area contributed by atoms with Crippen molar-refractivity contribution in [1.29, 1.82) is 0 Å². The molecule has 4 heteroatoms. The van der Waals surface area contributed by atoms with E-state index in [0.29, 0.717) is 5.56 Å². The van der Waals surface area contributed by atoms with E-state index in [9.17, 15) is 4.79 Å². The van der Waals surface area contributed by atoms with Gasteiger partial charge in [-0.3, -0.25) is 0 Å². The Labute approximate surface area is 108 Å². The van der Waals surface area contributed by atoms with Crippen LogP contribution in [0.4, 0.5) is 5.69 Å². The van der Waals surface area contributed by atoms with Gasteiger partial charge in [-0.25, -0.2) is 4.79 Å². The fourth-order valence-electron chi connectivity index (χ4n) is 2.41. The van der Waals surface area contributed by atoms with Gasteiger partial charge in [0, 0.05) is 24.3 Å². The predicted molar refractivity (Wildman–Crippen MR) is 71.8 cm³/mol. The third-order valence-electron chi connectivity index (χ3n) is 3.38. The number of hydrogen-bond acceptors (Lipinski definition) is 4. The second kappa shape index (κ2) is 4.98. The van der Waals surface area contributed by atoms with E-state index in [0.717, 1.165) is 31.6 Å². The van der Waals surface area contributed by atoms with Crippen LogP contribution in [-0.2, 0) is 4.74 Å². The molecule has 2 N–H and O–H groups in total. The van der Waals surface area contributed by atoms with Crippen molar-refractivity contribution < 1.29 is 9.53 Å². The molecule has 1 fully saturated rings. The molecule has 1 aromatic rings. The van der Waals surface area contributed by atoms with E-state index in [1.807, 2.05) is 12.1 Å². The number of piperidine rings is 1. The molecule has 0 bridgehead atoms. The summed E-state index contributed by atoms with van der Waals surface area (Å²) in [7, 11) is 1.39. The van der Waals surface area contributed by atoms with Crippen LogP contribution in [0.25, 0.3) is 0 Å². The zero-order chi connectivity index (χ0) is 13.2. The number of ether oxygens (including phenoxy) is 1. The van der Waals surface area contributed by atoms with Crippen molar-refractivity contribution in [2.24, 2.45) is 5.73 Å². The Morgan fingerprint density at radius 1 is 1.39 bits per heavy atom. The first-order valence-corrected chi connectivity index (χ1v) is 6.24. The van der Waals surface area contributed by atoms with Crippen LogP contribution in [0.3, 0.4) is 0 Å². The normalized spacial score (nSPS) is 23.8. The van der Waals surface area contributed by atoms with Crippen molar-refractivity contribution in [1.82, 2.24) is 0 Å². The topological polar surface area (TPSA) is 55.6 Å². The molecular formula is C14H20N2O2. The number of anilines is 1. The average Bonchev–Trinajstić information content (AvgIpc) is 2.37. The van der Waals surface area contributed by atoms with Crippen molar-refractivity contribution in [3.8, 4) is 0 Å². The van der Waals surface area contributed by atoms with E-state index >= 15 is 0 Å². The molecule has 1 unspecified atom stereocenters. The molecule has 1 heterocycles. The van der Waals surface area contributed by atoms with Crippen molar-refractivity contribution in [3.05, 3.63) is 29.8 Å². The van der Waals surface area contributed by atoms with E-state index in [1.165, 1.54) is 7.11 Å². The molecule has 0 aromatic heterocycles. The molecule has 1 aromatic carbocycles. The zero-order valence-electron chi connectivity index (χ0n) is 11.0. The van der Waals surface area contributed by atoms with Gasteiger partial charge in [0.2, 0.25) is 0 Å². The van der Waals surface area contributed by atoms with Gasteiger partial charge in [-0.05, 0) is 44.0 Å². The van der Waals surface area contributed by atoms with Crippen molar-refractivity contribution in [3.63, 3.8) is 0 Å². The molecule has 2 rings (SSSR count). The van der Waals surface area contributed by atoms with Gasteiger partial charge >= 0.3 is 5.97 Å². The molecule has 1 aliphatic rings. The molecule has 0 radical (unpaired) electrons. The number of hydrogen-bond donors (Lipinski definition) is 1. The lowest BCUT2D eigenvalue weighted by atomic mass is 9.92. The minimum Gasteiger partial charge on any atom is -0.465 e. The van der Waals surface area contributed by atoms with Gasteiger partial charge in [0.05, 0.1) is 12.7 Å². The number of nitrogens with zero attached hydrogens (tertiary/aromatic N) is 1. The molecule has 1 aliphatic heterocycles. The molecule has 98 valence electrons. The summed E-state index contributed by atoms with van der Waals surface area (Å²) in [5.41, 5.74) is 7.75. The molecule has 0 aliphatic carbocycles. The summed E-state index contributed by atoms with van der Waals surface area (Å²) < 4.78 is 4.68. The van der Waals surface area contributed by atoms with Gasteiger partial charge in [-0.2, -0.15) is 0 Å². The Morgan fingerprint density at radius 3 is 2.61 bits per heavy atom. The molecular weight excluding hydrogens is 228 g/mol.